The van der Waals surface area contributed by atoms with Crippen molar-refractivity contribution < 1.29 is 15.0 Å². The minimum Gasteiger partial charge on any atom is -0.396 e. The maximum absolute atomic E-state index is 12.9. The average Bonchev–Trinajstić information content (AvgIpc) is 2.63. The summed E-state index contributed by atoms with van der Waals surface area (Å²) in [6.45, 7) is 0.385. The summed E-state index contributed by atoms with van der Waals surface area (Å²) in [4.78, 5) is 12.9. The first-order valence-corrected chi connectivity index (χ1v) is 8.69. The summed E-state index contributed by atoms with van der Waals surface area (Å²) < 4.78 is 0. The lowest BCUT2D eigenvalue weighted by Gasteiger charge is -2.11. The second kappa shape index (κ2) is 10.0. The number of aryl methyl sites for hydroxylation is 2. The Morgan fingerprint density at radius 1 is 0.792 bits per heavy atom. The highest BCUT2D eigenvalue weighted by Gasteiger charge is 2.14. The molecule has 0 aromatic heterocycles. The zero-order valence-electron chi connectivity index (χ0n) is 14.1. The van der Waals surface area contributed by atoms with Gasteiger partial charge < -0.3 is 10.2 Å². The predicted molar refractivity (Wildman–Crippen MR) is 96.4 cm³/mol. The quantitative estimate of drug-likeness (QED) is 0.518. The number of aliphatic hydroxyl groups excluding tert-OH is 2. The molecule has 0 aliphatic carbocycles. The highest BCUT2D eigenvalue weighted by molar-refractivity contribution is 6.10. The van der Waals surface area contributed by atoms with Crippen molar-refractivity contribution in [1.82, 2.24) is 0 Å². The molecule has 0 bridgehead atoms. The number of carbonyl (C=O) groups is 1. The van der Waals surface area contributed by atoms with Gasteiger partial charge in [-0.3, -0.25) is 4.79 Å². The molecular weight excluding hydrogens is 300 g/mol. The molecule has 0 aliphatic rings. The molecule has 0 heterocycles. The highest BCUT2D eigenvalue weighted by Crippen LogP contribution is 2.20. The Morgan fingerprint density at radius 3 is 2.12 bits per heavy atom. The fourth-order valence-electron chi connectivity index (χ4n) is 2.82. The van der Waals surface area contributed by atoms with E-state index in [0.717, 1.165) is 55.2 Å². The molecule has 2 N–H and O–H groups in total. The first-order chi connectivity index (χ1) is 11.8. The molecule has 0 saturated heterocycles. The van der Waals surface area contributed by atoms with Crippen molar-refractivity contribution in [3.63, 3.8) is 0 Å². The summed E-state index contributed by atoms with van der Waals surface area (Å²) in [5, 5.41) is 17.9. The van der Waals surface area contributed by atoms with Crippen LogP contribution in [0.5, 0.6) is 0 Å². The van der Waals surface area contributed by atoms with E-state index in [1.165, 1.54) is 0 Å². The van der Waals surface area contributed by atoms with E-state index in [-0.39, 0.29) is 19.0 Å². The van der Waals surface area contributed by atoms with Crippen LogP contribution in [0.3, 0.4) is 0 Å². The fourth-order valence-corrected chi connectivity index (χ4v) is 2.82. The van der Waals surface area contributed by atoms with E-state index in [0.29, 0.717) is 5.56 Å². The number of hydrogen-bond donors (Lipinski definition) is 2. The molecule has 24 heavy (non-hydrogen) atoms. The summed E-state index contributed by atoms with van der Waals surface area (Å²) in [5.74, 6) is 0.0543. The second-order valence-corrected chi connectivity index (χ2v) is 6.05. The molecule has 0 saturated carbocycles. The van der Waals surface area contributed by atoms with Crippen LogP contribution in [-0.2, 0) is 12.8 Å². The van der Waals surface area contributed by atoms with Crippen LogP contribution in [0.25, 0.3) is 0 Å². The van der Waals surface area contributed by atoms with E-state index in [1.807, 2.05) is 42.5 Å². The third-order valence-corrected chi connectivity index (χ3v) is 4.18. The maximum atomic E-state index is 12.9. The van der Waals surface area contributed by atoms with Crippen molar-refractivity contribution in [3.05, 3.63) is 70.8 Å². The molecule has 0 aliphatic heterocycles. The van der Waals surface area contributed by atoms with Gasteiger partial charge in [0.15, 0.2) is 5.78 Å². The molecule has 0 atom stereocenters. The number of carbonyl (C=O) groups excluding carboxylic acids is 1. The monoisotopic (exact) mass is 326 g/mol. The lowest BCUT2D eigenvalue weighted by molar-refractivity contribution is 0.103. The van der Waals surface area contributed by atoms with Gasteiger partial charge in [-0.05, 0) is 55.7 Å². The summed E-state index contributed by atoms with van der Waals surface area (Å²) >= 11 is 0. The van der Waals surface area contributed by atoms with Crippen LogP contribution >= 0.6 is 0 Å². The Hall–Kier alpha value is -1.97. The van der Waals surface area contributed by atoms with Crippen molar-refractivity contribution in [2.24, 2.45) is 0 Å². The van der Waals surface area contributed by atoms with Gasteiger partial charge in [0.05, 0.1) is 0 Å². The van der Waals surface area contributed by atoms with Gasteiger partial charge in [0.1, 0.15) is 0 Å². The number of rotatable bonds is 10. The van der Waals surface area contributed by atoms with Gasteiger partial charge in [-0.2, -0.15) is 0 Å². The second-order valence-electron chi connectivity index (χ2n) is 6.05. The van der Waals surface area contributed by atoms with Crippen LogP contribution in [0, 0.1) is 0 Å². The summed E-state index contributed by atoms with van der Waals surface area (Å²) in [5.41, 5.74) is 3.64. The number of hydrogen-bond acceptors (Lipinski definition) is 3. The molecule has 0 fully saturated rings. The Morgan fingerprint density at radius 2 is 1.46 bits per heavy atom. The summed E-state index contributed by atoms with van der Waals surface area (Å²) in [6.07, 6.45) is 4.98. The van der Waals surface area contributed by atoms with E-state index in [1.54, 1.807) is 0 Å². The first-order valence-electron chi connectivity index (χ1n) is 8.69. The average molecular weight is 326 g/mol. The molecule has 0 radical (unpaired) electrons. The fraction of sp³-hybridized carbons (Fsp3) is 0.381. The van der Waals surface area contributed by atoms with E-state index in [9.17, 15) is 4.79 Å². The lowest BCUT2D eigenvalue weighted by Crippen LogP contribution is -2.07. The third-order valence-electron chi connectivity index (χ3n) is 4.18. The van der Waals surface area contributed by atoms with Crippen LogP contribution < -0.4 is 0 Å². The van der Waals surface area contributed by atoms with Gasteiger partial charge in [0, 0.05) is 24.3 Å². The van der Waals surface area contributed by atoms with Gasteiger partial charge in [-0.1, -0.05) is 42.5 Å². The standard InChI is InChI=1S/C21H26O3/c22-14-6-4-8-17-12-13-18(9-5-7-15-23)20(16-17)21(24)19-10-2-1-3-11-19/h1-3,10-13,16,22-23H,4-9,14-15H2. The van der Waals surface area contributed by atoms with Crippen LogP contribution in [0.1, 0.15) is 52.7 Å². The normalized spacial score (nSPS) is 10.8. The first kappa shape index (κ1) is 18.4. The van der Waals surface area contributed by atoms with Crippen LogP contribution in [0.2, 0.25) is 0 Å². The zero-order chi connectivity index (χ0) is 17.2. The predicted octanol–water partition coefficient (Wildman–Crippen LogP) is 3.55. The van der Waals surface area contributed by atoms with Gasteiger partial charge >= 0.3 is 0 Å². The van der Waals surface area contributed by atoms with Crippen LogP contribution in [-0.4, -0.2) is 29.2 Å². The van der Waals surface area contributed by atoms with Crippen LogP contribution in [0.15, 0.2) is 48.5 Å². The van der Waals surface area contributed by atoms with Crippen molar-refractivity contribution in [3.8, 4) is 0 Å². The Kier molecular flexibility index (Phi) is 7.66. The molecular formula is C21H26O3. The molecule has 0 spiro atoms. The van der Waals surface area contributed by atoms with Crippen molar-refractivity contribution >= 4 is 5.78 Å². The maximum Gasteiger partial charge on any atom is 0.193 e. The Labute approximate surface area is 144 Å². The number of ketones is 1. The molecule has 2 aromatic rings. The minimum absolute atomic E-state index is 0.0543. The molecule has 2 rings (SSSR count). The van der Waals surface area contributed by atoms with Crippen molar-refractivity contribution in [2.45, 2.75) is 38.5 Å². The van der Waals surface area contributed by atoms with Gasteiger partial charge in [0.25, 0.3) is 0 Å². The number of benzene rings is 2. The van der Waals surface area contributed by atoms with E-state index in [2.05, 4.69) is 6.07 Å². The van der Waals surface area contributed by atoms with Gasteiger partial charge in [0.2, 0.25) is 0 Å². The molecule has 3 heteroatoms. The van der Waals surface area contributed by atoms with E-state index in [4.69, 9.17) is 10.2 Å². The van der Waals surface area contributed by atoms with Gasteiger partial charge in [-0.15, -0.1) is 0 Å². The topological polar surface area (TPSA) is 57.5 Å². The minimum atomic E-state index is 0.0543. The lowest BCUT2D eigenvalue weighted by atomic mass is 9.92. The van der Waals surface area contributed by atoms with Crippen molar-refractivity contribution in [1.29, 1.82) is 0 Å². The zero-order valence-corrected chi connectivity index (χ0v) is 14.1. The molecule has 0 unspecified atom stereocenters. The van der Waals surface area contributed by atoms with Crippen LogP contribution in [0.4, 0.5) is 0 Å². The Bertz CT molecular complexity index is 635. The van der Waals surface area contributed by atoms with E-state index >= 15 is 0 Å². The van der Waals surface area contributed by atoms with Crippen molar-refractivity contribution in [2.75, 3.05) is 13.2 Å². The SMILES string of the molecule is O=C(c1ccccc1)c1cc(CCCCO)ccc1CCCCO. The number of aliphatic hydroxyl groups is 2. The smallest absolute Gasteiger partial charge is 0.193 e. The largest absolute Gasteiger partial charge is 0.396 e. The van der Waals surface area contributed by atoms with Gasteiger partial charge in [-0.25, -0.2) is 0 Å². The van der Waals surface area contributed by atoms with E-state index < -0.39 is 0 Å². The summed E-state index contributed by atoms with van der Waals surface area (Å²) in [7, 11) is 0. The molecule has 3 nitrogen and oxygen atoms in total. The highest BCUT2D eigenvalue weighted by atomic mass is 16.3. The molecule has 128 valence electrons. The molecule has 0 amide bonds. The third kappa shape index (κ3) is 5.29. The molecule has 2 aromatic carbocycles. The number of unbranched alkanes of at least 4 members (excludes halogenated alkanes) is 2. The summed E-state index contributed by atoms with van der Waals surface area (Å²) in [6, 6.07) is 15.5. The Balaban J connectivity index is 2.25.